The maximum Gasteiger partial charge on any atom is 0.254 e. The van der Waals surface area contributed by atoms with Crippen molar-refractivity contribution in [2.75, 3.05) is 19.4 Å². The molecule has 0 saturated heterocycles. The molecule has 0 saturated carbocycles. The first-order chi connectivity index (χ1) is 12.4. The maximum absolute atomic E-state index is 12.4. The summed E-state index contributed by atoms with van der Waals surface area (Å²) in [6, 6.07) is 8.23. The van der Waals surface area contributed by atoms with E-state index in [1.54, 1.807) is 29.7 Å². The van der Waals surface area contributed by atoms with Crippen molar-refractivity contribution in [3.05, 3.63) is 58.5 Å². The summed E-state index contributed by atoms with van der Waals surface area (Å²) in [6.07, 6.45) is 2.71. The fraction of sp³-hybridized carbons (Fsp3) is 0.350. The van der Waals surface area contributed by atoms with E-state index in [1.165, 1.54) is 16.7 Å². The highest BCUT2D eigenvalue weighted by atomic mass is 16.2. The summed E-state index contributed by atoms with van der Waals surface area (Å²) in [6.45, 7) is 6.81. The Kier molecular flexibility index (Phi) is 4.93. The smallest absolute Gasteiger partial charge is 0.254 e. The number of amides is 1. The summed E-state index contributed by atoms with van der Waals surface area (Å²) in [5.41, 5.74) is 5.98. The lowest BCUT2D eigenvalue weighted by Crippen LogP contribution is -2.22. The number of hydrogen-bond acceptors (Lipinski definition) is 4. The van der Waals surface area contributed by atoms with Gasteiger partial charge in [0.2, 0.25) is 0 Å². The normalized spacial score (nSPS) is 11.0. The number of carbonyl (C=O) groups is 1. The molecule has 6 heteroatoms. The minimum Gasteiger partial charge on any atom is -0.378 e. The Labute approximate surface area is 153 Å². The van der Waals surface area contributed by atoms with Gasteiger partial charge in [-0.25, -0.2) is 9.50 Å². The van der Waals surface area contributed by atoms with Crippen LogP contribution < -0.4 is 5.32 Å². The third-order valence-electron chi connectivity index (χ3n) is 4.54. The van der Waals surface area contributed by atoms with E-state index in [0.29, 0.717) is 17.9 Å². The first kappa shape index (κ1) is 17.9. The maximum atomic E-state index is 12.4. The van der Waals surface area contributed by atoms with E-state index in [1.807, 2.05) is 13.0 Å². The number of nitrogens with zero attached hydrogens (tertiary/aromatic N) is 4. The number of pyridine rings is 1. The summed E-state index contributed by atoms with van der Waals surface area (Å²) >= 11 is 0. The number of hydrogen-bond donors (Lipinski definition) is 1. The van der Waals surface area contributed by atoms with Crippen molar-refractivity contribution in [2.45, 2.75) is 33.7 Å². The molecule has 26 heavy (non-hydrogen) atoms. The molecule has 0 aliphatic carbocycles. The molecule has 1 amide bonds. The van der Waals surface area contributed by atoms with Crippen LogP contribution in [0.3, 0.4) is 0 Å². The Balaban J connectivity index is 2.00. The number of carbonyl (C=O) groups excluding carboxylic acids is 1. The minimum atomic E-state index is -0.0618. The quantitative estimate of drug-likeness (QED) is 0.767. The molecule has 3 rings (SSSR count). The summed E-state index contributed by atoms with van der Waals surface area (Å²) in [5.74, 6) is 0.612. The molecule has 0 unspecified atom stereocenters. The fourth-order valence-corrected chi connectivity index (χ4v) is 3.13. The Bertz CT molecular complexity index is 958. The molecule has 0 fully saturated rings. The highest BCUT2D eigenvalue weighted by molar-refractivity contribution is 5.95. The lowest BCUT2D eigenvalue weighted by molar-refractivity contribution is 0.0827. The predicted molar refractivity (Wildman–Crippen MR) is 104 cm³/mol. The lowest BCUT2D eigenvalue weighted by Gasteiger charge is -2.15. The fourth-order valence-electron chi connectivity index (χ4n) is 3.13. The van der Waals surface area contributed by atoms with Gasteiger partial charge in [-0.1, -0.05) is 25.1 Å². The van der Waals surface area contributed by atoms with Crippen molar-refractivity contribution in [1.29, 1.82) is 0 Å². The molecule has 1 aromatic carbocycles. The zero-order valence-electron chi connectivity index (χ0n) is 16.0. The first-order valence-corrected chi connectivity index (χ1v) is 8.80. The van der Waals surface area contributed by atoms with Crippen LogP contribution in [0.1, 0.15) is 39.8 Å². The molecular formula is C20H25N5O. The molecule has 6 nitrogen and oxygen atoms in total. The average molecular weight is 351 g/mol. The molecule has 3 aromatic rings. The van der Waals surface area contributed by atoms with Gasteiger partial charge in [0.25, 0.3) is 5.91 Å². The second-order valence-electron chi connectivity index (χ2n) is 6.69. The molecular weight excluding hydrogens is 326 g/mol. The van der Waals surface area contributed by atoms with Crippen molar-refractivity contribution in [1.82, 2.24) is 19.5 Å². The molecule has 0 aliphatic heterocycles. The second-order valence-corrected chi connectivity index (χ2v) is 6.69. The standard InChI is InChI=1S/C20H25N5O/c1-6-15-9-7-8-13(2)17(15)11-21-18-10-16(20(26)24(4)5)12-25-19(18)22-14(3)23-25/h7-10,12,21H,6,11H2,1-5H3. The molecule has 0 aliphatic rings. The predicted octanol–water partition coefficient (Wildman–Crippen LogP) is 3.22. The third-order valence-corrected chi connectivity index (χ3v) is 4.54. The van der Waals surface area contributed by atoms with E-state index in [9.17, 15) is 4.79 Å². The second kappa shape index (κ2) is 7.15. The van der Waals surface area contributed by atoms with Gasteiger partial charge in [0, 0.05) is 26.8 Å². The largest absolute Gasteiger partial charge is 0.378 e. The van der Waals surface area contributed by atoms with Gasteiger partial charge in [-0.3, -0.25) is 4.79 Å². The van der Waals surface area contributed by atoms with Crippen LogP contribution in [0.4, 0.5) is 5.69 Å². The van der Waals surface area contributed by atoms with Crippen molar-refractivity contribution in [3.8, 4) is 0 Å². The number of nitrogens with one attached hydrogen (secondary N) is 1. The number of benzene rings is 1. The van der Waals surface area contributed by atoms with Crippen molar-refractivity contribution >= 4 is 17.2 Å². The summed E-state index contributed by atoms with van der Waals surface area (Å²) in [4.78, 5) is 18.5. The van der Waals surface area contributed by atoms with Gasteiger partial charge in [0.1, 0.15) is 5.82 Å². The number of rotatable bonds is 5. The minimum absolute atomic E-state index is 0.0618. The van der Waals surface area contributed by atoms with Gasteiger partial charge in [-0.2, -0.15) is 5.10 Å². The Hall–Kier alpha value is -2.89. The molecule has 1 N–H and O–H groups in total. The molecule has 2 heterocycles. The lowest BCUT2D eigenvalue weighted by atomic mass is 10.00. The highest BCUT2D eigenvalue weighted by Gasteiger charge is 2.15. The molecule has 2 aromatic heterocycles. The highest BCUT2D eigenvalue weighted by Crippen LogP contribution is 2.22. The van der Waals surface area contributed by atoms with E-state index in [4.69, 9.17) is 0 Å². The van der Waals surface area contributed by atoms with E-state index >= 15 is 0 Å². The van der Waals surface area contributed by atoms with E-state index in [2.05, 4.69) is 47.4 Å². The third kappa shape index (κ3) is 3.40. The van der Waals surface area contributed by atoms with Gasteiger partial charge in [0.15, 0.2) is 5.65 Å². The molecule has 0 atom stereocenters. The summed E-state index contributed by atoms with van der Waals surface area (Å²) < 4.78 is 1.67. The summed E-state index contributed by atoms with van der Waals surface area (Å²) in [5, 5.41) is 7.85. The van der Waals surface area contributed by atoms with Crippen molar-refractivity contribution < 1.29 is 4.79 Å². The Morgan fingerprint density at radius 3 is 2.73 bits per heavy atom. The van der Waals surface area contributed by atoms with E-state index < -0.39 is 0 Å². The molecule has 0 radical (unpaired) electrons. The van der Waals surface area contributed by atoms with Crippen LogP contribution in [0.15, 0.2) is 30.5 Å². The van der Waals surface area contributed by atoms with Crippen LogP contribution in [-0.4, -0.2) is 39.5 Å². The molecule has 136 valence electrons. The number of aromatic nitrogens is 3. The van der Waals surface area contributed by atoms with Crippen LogP contribution in [-0.2, 0) is 13.0 Å². The van der Waals surface area contributed by atoms with Crippen LogP contribution in [0, 0.1) is 13.8 Å². The van der Waals surface area contributed by atoms with Gasteiger partial charge >= 0.3 is 0 Å². The van der Waals surface area contributed by atoms with E-state index in [-0.39, 0.29) is 5.91 Å². The summed E-state index contributed by atoms with van der Waals surface area (Å²) in [7, 11) is 3.49. The Morgan fingerprint density at radius 1 is 1.27 bits per heavy atom. The topological polar surface area (TPSA) is 62.5 Å². The van der Waals surface area contributed by atoms with Crippen LogP contribution in [0.2, 0.25) is 0 Å². The first-order valence-electron chi connectivity index (χ1n) is 8.80. The SMILES string of the molecule is CCc1cccc(C)c1CNc1cc(C(=O)N(C)C)cn2nc(C)nc12. The van der Waals surface area contributed by atoms with Crippen LogP contribution in [0.25, 0.3) is 5.65 Å². The number of anilines is 1. The van der Waals surface area contributed by atoms with Crippen molar-refractivity contribution in [3.63, 3.8) is 0 Å². The zero-order valence-corrected chi connectivity index (χ0v) is 16.0. The van der Waals surface area contributed by atoms with Gasteiger partial charge in [-0.15, -0.1) is 0 Å². The van der Waals surface area contributed by atoms with Gasteiger partial charge in [-0.05, 0) is 43.0 Å². The van der Waals surface area contributed by atoms with E-state index in [0.717, 1.165) is 17.8 Å². The molecule has 0 bridgehead atoms. The van der Waals surface area contributed by atoms with Gasteiger partial charge in [0.05, 0.1) is 11.3 Å². The van der Waals surface area contributed by atoms with Crippen LogP contribution in [0.5, 0.6) is 0 Å². The van der Waals surface area contributed by atoms with Gasteiger partial charge < -0.3 is 10.2 Å². The number of aryl methyl sites for hydroxylation is 3. The van der Waals surface area contributed by atoms with Crippen molar-refractivity contribution in [2.24, 2.45) is 0 Å². The Morgan fingerprint density at radius 2 is 2.04 bits per heavy atom. The molecule has 0 spiro atoms. The monoisotopic (exact) mass is 351 g/mol. The van der Waals surface area contributed by atoms with Crippen LogP contribution >= 0.6 is 0 Å². The average Bonchev–Trinajstić information content (AvgIpc) is 2.99. The number of fused-ring (bicyclic) bond motifs is 1. The zero-order chi connectivity index (χ0) is 18.8.